The van der Waals surface area contributed by atoms with Gasteiger partial charge in [-0.25, -0.2) is 9.68 Å². The Morgan fingerprint density at radius 1 is 0.644 bits per heavy atom. The summed E-state index contributed by atoms with van der Waals surface area (Å²) in [6.45, 7) is 0.751. The first-order valence-corrected chi connectivity index (χ1v) is 14.8. The fraction of sp³-hybridized carbons (Fsp3) is 0.161. The Morgan fingerprint density at radius 3 is 1.67 bits per heavy atom. The van der Waals surface area contributed by atoms with Crippen LogP contribution in [-0.2, 0) is 22.9 Å². The van der Waals surface area contributed by atoms with Crippen LogP contribution in [0.15, 0.2) is 72.8 Å². The zero-order valence-corrected chi connectivity index (χ0v) is 26.3. The number of nitrogens with one attached hydrogen (secondary N) is 2. The molecule has 4 rings (SSSR count). The standard InChI is InChI=1S/C31H26Cl4N2O8/c32-24-10-11-25(33)23(17-45-41)22(24)16-44-37-19-4-8-21(9-5-19)43-15-1-14-42-20-6-2-18(3-7-20)36-30(38)28-26(34)12-13-27(35)29(28)31(39)40/h2-13,37,41H,1,14-17H2,(H,36,38)(H,39,40). The van der Waals surface area contributed by atoms with Gasteiger partial charge in [0.1, 0.15) is 24.7 Å². The molecular formula is C31H26Cl4N2O8. The van der Waals surface area contributed by atoms with Crippen molar-refractivity contribution < 1.29 is 39.2 Å². The van der Waals surface area contributed by atoms with Crippen molar-refractivity contribution in [3.63, 3.8) is 0 Å². The number of amides is 1. The lowest BCUT2D eigenvalue weighted by Crippen LogP contribution is -2.17. The molecule has 14 heteroatoms. The van der Waals surface area contributed by atoms with Crippen LogP contribution in [0.2, 0.25) is 20.1 Å². The van der Waals surface area contributed by atoms with E-state index in [1.165, 1.54) is 12.1 Å². The van der Waals surface area contributed by atoms with Gasteiger partial charge >= 0.3 is 5.97 Å². The Hall–Kier alpha value is -3.74. The maximum absolute atomic E-state index is 12.7. The maximum Gasteiger partial charge on any atom is 0.338 e. The smallest absolute Gasteiger partial charge is 0.338 e. The van der Waals surface area contributed by atoms with E-state index in [4.69, 9.17) is 66.0 Å². The average Bonchev–Trinajstić information content (AvgIpc) is 3.02. The van der Waals surface area contributed by atoms with Gasteiger partial charge in [-0.2, -0.15) is 0 Å². The highest BCUT2D eigenvalue weighted by Crippen LogP contribution is 2.30. The first-order chi connectivity index (χ1) is 21.7. The molecule has 0 radical (unpaired) electrons. The zero-order valence-electron chi connectivity index (χ0n) is 23.3. The van der Waals surface area contributed by atoms with Crippen LogP contribution in [0.25, 0.3) is 0 Å². The van der Waals surface area contributed by atoms with Crippen LogP contribution in [0.1, 0.15) is 38.3 Å². The van der Waals surface area contributed by atoms with Gasteiger partial charge in [-0.05, 0) is 72.8 Å². The molecule has 0 fully saturated rings. The molecule has 45 heavy (non-hydrogen) atoms. The van der Waals surface area contributed by atoms with Crippen molar-refractivity contribution in [3.05, 3.63) is 115 Å². The Labute approximate surface area is 278 Å². The van der Waals surface area contributed by atoms with Crippen LogP contribution >= 0.6 is 46.4 Å². The molecule has 0 saturated carbocycles. The summed E-state index contributed by atoms with van der Waals surface area (Å²) in [6.07, 6.45) is 0.604. The molecule has 236 valence electrons. The molecule has 0 aliphatic carbocycles. The molecular weight excluding hydrogens is 670 g/mol. The van der Waals surface area contributed by atoms with E-state index in [0.29, 0.717) is 63.7 Å². The van der Waals surface area contributed by atoms with Gasteiger partial charge in [0.25, 0.3) is 5.91 Å². The van der Waals surface area contributed by atoms with Crippen LogP contribution in [0.5, 0.6) is 11.5 Å². The summed E-state index contributed by atoms with van der Waals surface area (Å²) in [4.78, 5) is 34.1. The van der Waals surface area contributed by atoms with Crippen molar-refractivity contribution in [3.8, 4) is 11.5 Å². The molecule has 4 aromatic carbocycles. The Kier molecular flexibility index (Phi) is 12.5. The highest BCUT2D eigenvalue weighted by Gasteiger charge is 2.23. The van der Waals surface area contributed by atoms with Crippen LogP contribution in [0, 0.1) is 0 Å². The van der Waals surface area contributed by atoms with Gasteiger partial charge in [0, 0.05) is 33.3 Å². The van der Waals surface area contributed by atoms with Crippen molar-refractivity contribution in [2.75, 3.05) is 24.0 Å². The van der Waals surface area contributed by atoms with Crippen molar-refractivity contribution >= 4 is 69.7 Å². The number of hydrogen-bond acceptors (Lipinski definition) is 8. The third-order valence-electron chi connectivity index (χ3n) is 6.27. The Morgan fingerprint density at radius 2 is 1.13 bits per heavy atom. The number of carboxylic acids is 1. The highest BCUT2D eigenvalue weighted by atomic mass is 35.5. The second-order valence-electron chi connectivity index (χ2n) is 9.29. The summed E-state index contributed by atoms with van der Waals surface area (Å²) in [6, 6.07) is 19.7. The third-order valence-corrected chi connectivity index (χ3v) is 7.61. The lowest BCUT2D eigenvalue weighted by molar-refractivity contribution is -0.253. The molecule has 4 aromatic rings. The molecule has 0 saturated heterocycles. The fourth-order valence-electron chi connectivity index (χ4n) is 4.07. The van der Waals surface area contributed by atoms with Crippen molar-refractivity contribution in [2.45, 2.75) is 19.6 Å². The van der Waals surface area contributed by atoms with E-state index in [1.807, 2.05) is 0 Å². The van der Waals surface area contributed by atoms with Gasteiger partial charge in [-0.15, -0.1) is 0 Å². The molecule has 0 aliphatic rings. The van der Waals surface area contributed by atoms with Crippen molar-refractivity contribution in [1.82, 2.24) is 0 Å². The molecule has 0 unspecified atom stereocenters. The minimum Gasteiger partial charge on any atom is -0.493 e. The van der Waals surface area contributed by atoms with Crippen LogP contribution in [-0.4, -0.2) is 35.5 Å². The van der Waals surface area contributed by atoms with E-state index in [-0.39, 0.29) is 34.4 Å². The van der Waals surface area contributed by atoms with E-state index in [1.54, 1.807) is 60.7 Å². The van der Waals surface area contributed by atoms with Crippen LogP contribution in [0.4, 0.5) is 11.4 Å². The second-order valence-corrected chi connectivity index (χ2v) is 10.9. The van der Waals surface area contributed by atoms with E-state index >= 15 is 0 Å². The van der Waals surface area contributed by atoms with E-state index in [0.717, 1.165) is 0 Å². The Balaban J connectivity index is 1.18. The summed E-state index contributed by atoms with van der Waals surface area (Å²) >= 11 is 24.5. The number of carboxylic acid groups (broad SMARTS) is 1. The number of carbonyl (C=O) groups is 2. The summed E-state index contributed by atoms with van der Waals surface area (Å²) in [7, 11) is 0. The topological polar surface area (TPSA) is 136 Å². The molecule has 0 bridgehead atoms. The van der Waals surface area contributed by atoms with Gasteiger partial charge in [-0.1, -0.05) is 46.4 Å². The monoisotopic (exact) mass is 694 g/mol. The van der Waals surface area contributed by atoms with Gasteiger partial charge in [-0.3, -0.25) is 20.4 Å². The predicted octanol–water partition coefficient (Wildman–Crippen LogP) is 8.63. The van der Waals surface area contributed by atoms with E-state index < -0.39 is 11.9 Å². The number of halogens is 4. The maximum atomic E-state index is 12.7. The summed E-state index contributed by atoms with van der Waals surface area (Å²) in [5.74, 6) is -0.827. The number of hydrogen-bond donors (Lipinski definition) is 4. The SMILES string of the molecule is O=C(O)c1c(Cl)ccc(Cl)c1C(=O)Nc1ccc(OCCCOc2ccc(NOCc3c(Cl)ccc(Cl)c3COO)cc2)cc1. The number of ether oxygens (including phenoxy) is 2. The largest absolute Gasteiger partial charge is 0.493 e. The minimum atomic E-state index is -1.36. The molecule has 0 heterocycles. The average molecular weight is 696 g/mol. The second kappa shape index (κ2) is 16.5. The predicted molar refractivity (Wildman–Crippen MR) is 172 cm³/mol. The van der Waals surface area contributed by atoms with Crippen molar-refractivity contribution in [2.24, 2.45) is 0 Å². The summed E-state index contributed by atoms with van der Waals surface area (Å²) < 4.78 is 11.5. The number of benzene rings is 4. The Bertz CT molecular complexity index is 1640. The van der Waals surface area contributed by atoms with E-state index in [2.05, 4.69) is 15.7 Å². The van der Waals surface area contributed by atoms with Gasteiger partial charge < -0.3 is 19.9 Å². The minimum absolute atomic E-state index is 0.0288. The first-order valence-electron chi connectivity index (χ1n) is 13.3. The van der Waals surface area contributed by atoms with Crippen LogP contribution in [0.3, 0.4) is 0 Å². The lowest BCUT2D eigenvalue weighted by Gasteiger charge is -2.14. The first kappa shape index (κ1) is 34.1. The zero-order chi connectivity index (χ0) is 32.3. The van der Waals surface area contributed by atoms with Gasteiger partial charge in [0.15, 0.2) is 0 Å². The number of aromatic carboxylic acids is 1. The molecule has 10 nitrogen and oxygen atoms in total. The van der Waals surface area contributed by atoms with Crippen molar-refractivity contribution in [1.29, 1.82) is 0 Å². The van der Waals surface area contributed by atoms with Crippen LogP contribution < -0.4 is 20.3 Å². The molecule has 0 aliphatic heterocycles. The highest BCUT2D eigenvalue weighted by molar-refractivity contribution is 6.39. The van der Waals surface area contributed by atoms with Gasteiger partial charge in [0.2, 0.25) is 0 Å². The quantitative estimate of drug-likeness (QED) is 0.0547. The molecule has 0 atom stereocenters. The van der Waals surface area contributed by atoms with E-state index in [9.17, 15) is 14.7 Å². The molecule has 0 aromatic heterocycles. The van der Waals surface area contributed by atoms with Gasteiger partial charge in [0.05, 0.1) is 40.1 Å². The lowest BCUT2D eigenvalue weighted by atomic mass is 10.1. The fourth-order valence-corrected chi connectivity index (χ4v) is 5.02. The molecule has 1 amide bonds. The number of carbonyl (C=O) groups excluding carboxylic acids is 1. The molecule has 4 N–H and O–H groups in total. The summed E-state index contributed by atoms with van der Waals surface area (Å²) in [5.41, 5.74) is 4.45. The number of anilines is 2. The summed E-state index contributed by atoms with van der Waals surface area (Å²) in [5, 5.41) is 21.6. The number of rotatable bonds is 15. The normalized spacial score (nSPS) is 10.8. The molecule has 0 spiro atoms. The third kappa shape index (κ3) is 9.38.